The minimum atomic E-state index is -0.435. The first kappa shape index (κ1) is 19.3. The zero-order chi connectivity index (χ0) is 19.8. The molecule has 2 amide bonds. The Balaban J connectivity index is 1.60. The van der Waals surface area contributed by atoms with E-state index in [0.717, 1.165) is 11.1 Å². The Morgan fingerprint density at radius 3 is 1.96 bits per heavy atom. The summed E-state index contributed by atoms with van der Waals surface area (Å²) in [5, 5.41) is 5.20. The second kappa shape index (κ2) is 9.46. The molecule has 5 heteroatoms. The second-order valence-corrected chi connectivity index (χ2v) is 6.41. The third-order valence-corrected chi connectivity index (χ3v) is 4.35. The van der Waals surface area contributed by atoms with E-state index < -0.39 is 11.7 Å². The van der Waals surface area contributed by atoms with Crippen LogP contribution in [-0.2, 0) is 9.59 Å². The van der Waals surface area contributed by atoms with Crippen molar-refractivity contribution < 1.29 is 14.0 Å². The van der Waals surface area contributed by atoms with E-state index in [2.05, 4.69) is 10.6 Å². The van der Waals surface area contributed by atoms with Crippen LogP contribution in [0.1, 0.15) is 23.5 Å². The Morgan fingerprint density at radius 2 is 1.39 bits per heavy atom. The van der Waals surface area contributed by atoms with Crippen molar-refractivity contribution in [2.24, 2.45) is 0 Å². The van der Waals surface area contributed by atoms with Crippen LogP contribution in [0.25, 0.3) is 0 Å². The largest absolute Gasteiger partial charge is 0.347 e. The first-order valence-corrected chi connectivity index (χ1v) is 9.04. The highest BCUT2D eigenvalue weighted by molar-refractivity contribution is 5.94. The summed E-state index contributed by atoms with van der Waals surface area (Å²) in [5.74, 6) is -1.17. The highest BCUT2D eigenvalue weighted by Crippen LogP contribution is 2.27. The number of anilines is 1. The Bertz CT molecular complexity index is 890. The van der Waals surface area contributed by atoms with Crippen molar-refractivity contribution in [2.75, 3.05) is 11.9 Å². The van der Waals surface area contributed by atoms with Crippen molar-refractivity contribution in [1.29, 1.82) is 0 Å². The fourth-order valence-electron chi connectivity index (χ4n) is 3.01. The Morgan fingerprint density at radius 1 is 0.786 bits per heavy atom. The molecule has 0 saturated heterocycles. The van der Waals surface area contributed by atoms with Crippen molar-refractivity contribution >= 4 is 17.5 Å². The van der Waals surface area contributed by atoms with E-state index in [0.29, 0.717) is 5.69 Å². The van der Waals surface area contributed by atoms with Gasteiger partial charge >= 0.3 is 0 Å². The normalized spacial score (nSPS) is 10.5. The molecule has 28 heavy (non-hydrogen) atoms. The van der Waals surface area contributed by atoms with Gasteiger partial charge in [0.15, 0.2) is 0 Å². The van der Waals surface area contributed by atoms with Crippen LogP contribution in [0.5, 0.6) is 0 Å². The molecule has 2 N–H and O–H groups in total. The maximum atomic E-state index is 13.2. The first-order chi connectivity index (χ1) is 13.6. The molecule has 142 valence electrons. The monoisotopic (exact) mass is 376 g/mol. The second-order valence-electron chi connectivity index (χ2n) is 6.41. The number of rotatable bonds is 7. The van der Waals surface area contributed by atoms with Gasteiger partial charge in [0.1, 0.15) is 5.82 Å². The summed E-state index contributed by atoms with van der Waals surface area (Å²) in [4.78, 5) is 24.5. The van der Waals surface area contributed by atoms with Gasteiger partial charge in [0.2, 0.25) is 11.8 Å². The predicted octanol–water partition coefficient (Wildman–Crippen LogP) is 4.10. The summed E-state index contributed by atoms with van der Waals surface area (Å²) in [6.45, 7) is -0.175. The summed E-state index contributed by atoms with van der Waals surface area (Å²) < 4.78 is 13.2. The van der Waals surface area contributed by atoms with Crippen LogP contribution in [0.2, 0.25) is 0 Å². The van der Waals surface area contributed by atoms with Crippen molar-refractivity contribution in [1.82, 2.24) is 5.32 Å². The summed E-state index contributed by atoms with van der Waals surface area (Å²) in [6.07, 6.45) is 0.223. The van der Waals surface area contributed by atoms with E-state index in [9.17, 15) is 14.0 Å². The standard InChI is InChI=1S/C23H21FN2O2/c24-19-12-7-13-20(14-19)26-23(28)16-25-22(27)15-21(17-8-3-1-4-9-17)18-10-5-2-6-11-18/h1-14,21H,15-16H2,(H,25,27)(H,26,28). The molecule has 3 aromatic carbocycles. The van der Waals surface area contributed by atoms with Gasteiger partial charge in [0.05, 0.1) is 6.54 Å². The van der Waals surface area contributed by atoms with Gasteiger partial charge in [0.25, 0.3) is 0 Å². The van der Waals surface area contributed by atoms with Gasteiger partial charge in [-0.25, -0.2) is 4.39 Å². The molecule has 0 atom stereocenters. The number of nitrogens with one attached hydrogen (secondary N) is 2. The molecule has 0 aliphatic heterocycles. The molecule has 0 fully saturated rings. The third-order valence-electron chi connectivity index (χ3n) is 4.35. The molecular weight excluding hydrogens is 355 g/mol. The van der Waals surface area contributed by atoms with E-state index in [1.807, 2.05) is 60.7 Å². The molecule has 0 bridgehead atoms. The fourth-order valence-corrected chi connectivity index (χ4v) is 3.01. The van der Waals surface area contributed by atoms with Crippen molar-refractivity contribution in [3.05, 3.63) is 102 Å². The molecule has 0 saturated carbocycles. The van der Waals surface area contributed by atoms with Gasteiger partial charge in [-0.2, -0.15) is 0 Å². The molecule has 0 aliphatic carbocycles. The van der Waals surface area contributed by atoms with Gasteiger partial charge in [0, 0.05) is 18.0 Å². The van der Waals surface area contributed by atoms with Crippen LogP contribution in [-0.4, -0.2) is 18.4 Å². The summed E-state index contributed by atoms with van der Waals surface area (Å²) in [5.41, 5.74) is 2.42. The lowest BCUT2D eigenvalue weighted by atomic mass is 9.88. The lowest BCUT2D eigenvalue weighted by Crippen LogP contribution is -2.33. The molecule has 3 rings (SSSR count). The van der Waals surface area contributed by atoms with E-state index >= 15 is 0 Å². The average molecular weight is 376 g/mol. The van der Waals surface area contributed by atoms with Crippen LogP contribution >= 0.6 is 0 Å². The minimum Gasteiger partial charge on any atom is -0.347 e. The maximum absolute atomic E-state index is 13.2. The van der Waals surface area contributed by atoms with Crippen LogP contribution in [0.4, 0.5) is 10.1 Å². The lowest BCUT2D eigenvalue weighted by Gasteiger charge is -2.18. The quantitative estimate of drug-likeness (QED) is 0.652. The number of amides is 2. The highest BCUT2D eigenvalue weighted by Gasteiger charge is 2.18. The van der Waals surface area contributed by atoms with Crippen LogP contribution in [0, 0.1) is 5.82 Å². The van der Waals surface area contributed by atoms with Crippen LogP contribution in [0.15, 0.2) is 84.9 Å². The van der Waals surface area contributed by atoms with Crippen LogP contribution in [0.3, 0.4) is 0 Å². The van der Waals surface area contributed by atoms with Gasteiger partial charge in [-0.05, 0) is 29.3 Å². The van der Waals surface area contributed by atoms with Gasteiger partial charge < -0.3 is 10.6 Å². The van der Waals surface area contributed by atoms with Gasteiger partial charge in [-0.15, -0.1) is 0 Å². The zero-order valence-corrected chi connectivity index (χ0v) is 15.3. The molecular formula is C23H21FN2O2. The molecule has 3 aromatic rings. The average Bonchev–Trinajstić information content (AvgIpc) is 2.72. The van der Waals surface area contributed by atoms with E-state index in [-0.39, 0.29) is 24.8 Å². The molecule has 0 heterocycles. The van der Waals surface area contributed by atoms with Gasteiger partial charge in [-0.1, -0.05) is 66.7 Å². The molecule has 0 spiro atoms. The van der Waals surface area contributed by atoms with E-state index in [4.69, 9.17) is 0 Å². The van der Waals surface area contributed by atoms with Crippen molar-refractivity contribution in [2.45, 2.75) is 12.3 Å². The topological polar surface area (TPSA) is 58.2 Å². The summed E-state index contributed by atoms with van der Waals surface area (Å²) in [6, 6.07) is 25.2. The zero-order valence-electron chi connectivity index (χ0n) is 15.3. The number of halogens is 1. The Hall–Kier alpha value is -3.47. The number of hydrogen-bond donors (Lipinski definition) is 2. The Labute approximate surface area is 163 Å². The number of carbonyl (C=O) groups is 2. The third kappa shape index (κ3) is 5.51. The first-order valence-electron chi connectivity index (χ1n) is 9.04. The number of benzene rings is 3. The summed E-state index contributed by atoms with van der Waals surface area (Å²) in [7, 11) is 0. The Kier molecular flexibility index (Phi) is 6.52. The SMILES string of the molecule is O=C(CC(c1ccccc1)c1ccccc1)NCC(=O)Nc1cccc(F)c1. The number of hydrogen-bond acceptors (Lipinski definition) is 2. The number of carbonyl (C=O) groups excluding carboxylic acids is 2. The predicted molar refractivity (Wildman–Crippen MR) is 107 cm³/mol. The van der Waals surface area contributed by atoms with E-state index in [1.165, 1.54) is 18.2 Å². The van der Waals surface area contributed by atoms with Crippen molar-refractivity contribution in [3.63, 3.8) is 0 Å². The minimum absolute atomic E-state index is 0.103. The smallest absolute Gasteiger partial charge is 0.243 e. The van der Waals surface area contributed by atoms with Crippen molar-refractivity contribution in [3.8, 4) is 0 Å². The lowest BCUT2D eigenvalue weighted by molar-refractivity contribution is -0.124. The molecule has 0 unspecified atom stereocenters. The summed E-state index contributed by atoms with van der Waals surface area (Å²) >= 11 is 0. The van der Waals surface area contributed by atoms with Gasteiger partial charge in [-0.3, -0.25) is 9.59 Å². The molecule has 0 aliphatic rings. The van der Waals surface area contributed by atoms with E-state index in [1.54, 1.807) is 6.07 Å². The highest BCUT2D eigenvalue weighted by atomic mass is 19.1. The molecule has 4 nitrogen and oxygen atoms in total. The maximum Gasteiger partial charge on any atom is 0.243 e. The fraction of sp³-hybridized carbons (Fsp3) is 0.130. The molecule has 0 aromatic heterocycles. The molecule has 0 radical (unpaired) electrons. The van der Waals surface area contributed by atoms with Crippen LogP contribution < -0.4 is 10.6 Å².